The Morgan fingerprint density at radius 1 is 1.67 bits per heavy atom. The summed E-state index contributed by atoms with van der Waals surface area (Å²) in [5.41, 5.74) is 1.13. The van der Waals surface area contributed by atoms with Crippen LogP contribution >= 0.6 is 0 Å². The summed E-state index contributed by atoms with van der Waals surface area (Å²) in [6.07, 6.45) is 3.97. The molecule has 0 aromatic carbocycles. The van der Waals surface area contributed by atoms with Crippen molar-refractivity contribution >= 4 is 6.21 Å². The van der Waals surface area contributed by atoms with Crippen molar-refractivity contribution in [1.29, 1.82) is 5.41 Å². The van der Waals surface area contributed by atoms with E-state index in [-0.39, 0.29) is 31.1 Å². The van der Waals surface area contributed by atoms with Crippen LogP contribution in [0.3, 0.4) is 0 Å². The molecule has 0 heterocycles. The van der Waals surface area contributed by atoms with Crippen molar-refractivity contribution in [2.75, 3.05) is 0 Å². The molecule has 0 saturated heterocycles. The van der Waals surface area contributed by atoms with Crippen LogP contribution in [0.2, 0.25) is 0 Å². The molecule has 0 aliphatic carbocycles. The average Bonchev–Trinajstić information content (AvgIpc) is 1.69. The fourth-order valence-corrected chi connectivity index (χ4v) is 0. The van der Waals surface area contributed by atoms with E-state index < -0.39 is 0 Å². The van der Waals surface area contributed by atoms with Gasteiger partial charge in [0.25, 0.3) is 0 Å². The summed E-state index contributed by atoms with van der Waals surface area (Å²) in [7, 11) is 0. The van der Waals surface area contributed by atoms with Crippen LogP contribution in [-0.4, -0.2) is 6.21 Å². The molecule has 1 nitrogen and oxygen atoms in total. The molecule has 0 bridgehead atoms. The van der Waals surface area contributed by atoms with E-state index in [1.165, 1.54) is 0 Å². The molecule has 0 atom stereocenters. The van der Waals surface area contributed by atoms with Gasteiger partial charge in [-0.25, -0.2) is 18.6 Å². The Morgan fingerprint density at radius 2 is 1.78 bits per heavy atom. The molecule has 0 aromatic rings. The van der Waals surface area contributed by atoms with Gasteiger partial charge >= 0.3 is 31.1 Å². The molecule has 0 amide bonds. The first-order chi connectivity index (χ1) is 3.68. The summed E-state index contributed by atoms with van der Waals surface area (Å²) in [5.74, 6) is 0. The van der Waals surface area contributed by atoms with Gasteiger partial charge in [0.15, 0.2) is 0 Å². The minimum atomic E-state index is 0. The maximum absolute atomic E-state index is 5.96. The van der Waals surface area contributed by atoms with Crippen molar-refractivity contribution < 1.29 is 31.1 Å². The van der Waals surface area contributed by atoms with Crippen molar-refractivity contribution in [2.24, 2.45) is 0 Å². The number of allylic oxidation sites excluding steroid dienone is 1. The van der Waals surface area contributed by atoms with E-state index in [0.29, 0.717) is 0 Å². The van der Waals surface area contributed by atoms with Crippen molar-refractivity contribution in [3.63, 3.8) is 0 Å². The molecule has 9 heavy (non-hydrogen) atoms. The molecular formula is C7H13NU. The molecule has 0 radical (unpaired) electrons. The third kappa shape index (κ3) is 61.4. The van der Waals surface area contributed by atoms with E-state index in [9.17, 15) is 0 Å². The Labute approximate surface area is 81.8 Å². The van der Waals surface area contributed by atoms with Gasteiger partial charge in [0.2, 0.25) is 0 Å². The van der Waals surface area contributed by atoms with Crippen LogP contribution in [0.1, 0.15) is 20.8 Å². The van der Waals surface area contributed by atoms with Crippen molar-refractivity contribution in [3.05, 3.63) is 18.6 Å². The van der Waals surface area contributed by atoms with Crippen molar-refractivity contribution in [1.82, 2.24) is 0 Å². The second-order valence-corrected chi connectivity index (χ2v) is 1.39. The molecule has 0 unspecified atom stereocenters. The van der Waals surface area contributed by atoms with Crippen LogP contribution in [0.25, 0.3) is 0 Å². The molecule has 2 heteroatoms. The number of hydrogen-bond acceptors (Lipinski definition) is 1. The minimum absolute atomic E-state index is 0. The predicted octanol–water partition coefficient (Wildman–Crippen LogP) is 2.32. The zero-order chi connectivity index (χ0) is 6.99. The van der Waals surface area contributed by atoms with Crippen molar-refractivity contribution in [2.45, 2.75) is 20.8 Å². The molecule has 0 rings (SSSR count). The van der Waals surface area contributed by atoms with E-state index in [0.717, 1.165) is 5.57 Å². The van der Waals surface area contributed by atoms with Gasteiger partial charge in [-0.05, 0) is 0 Å². The topological polar surface area (TPSA) is 23.9 Å². The first-order valence-corrected chi connectivity index (χ1v) is 2.47. The first kappa shape index (κ1) is 16.2. The first-order valence-electron chi connectivity index (χ1n) is 2.47. The Kier molecular flexibility index (Phi) is 28.3. The molecule has 0 fully saturated rings. The predicted molar refractivity (Wildman–Crippen MR) is 38.2 cm³/mol. The second kappa shape index (κ2) is 15.8. The smallest absolute Gasteiger partial charge is 0.519 e. The fourth-order valence-electron chi connectivity index (χ4n) is 0. The van der Waals surface area contributed by atoms with Crippen LogP contribution in [0.5, 0.6) is 0 Å². The van der Waals surface area contributed by atoms with E-state index in [1.54, 1.807) is 6.92 Å². The van der Waals surface area contributed by atoms with Gasteiger partial charge < -0.3 is 11.6 Å². The van der Waals surface area contributed by atoms with Crippen LogP contribution in [0.15, 0.2) is 12.2 Å². The number of hydrogen-bond donors (Lipinski definition) is 1. The summed E-state index contributed by atoms with van der Waals surface area (Å²) < 4.78 is 0. The molecule has 0 aliphatic rings. The molecule has 50 valence electrons. The van der Waals surface area contributed by atoms with Gasteiger partial charge in [-0.2, -0.15) is 6.92 Å². The van der Waals surface area contributed by atoms with Gasteiger partial charge in [0.05, 0.1) is 0 Å². The Balaban J connectivity index is -0.0000000800. The van der Waals surface area contributed by atoms with Crippen LogP contribution in [0.4, 0.5) is 0 Å². The molecule has 0 saturated carbocycles. The van der Waals surface area contributed by atoms with Crippen molar-refractivity contribution in [3.8, 4) is 0 Å². The molecule has 0 aliphatic heterocycles. The summed E-state index contributed by atoms with van der Waals surface area (Å²) in [5, 5.41) is 5.96. The third-order valence-corrected chi connectivity index (χ3v) is 0.493. The van der Waals surface area contributed by atoms with E-state index >= 15 is 0 Å². The van der Waals surface area contributed by atoms with E-state index in [2.05, 4.69) is 6.58 Å². The summed E-state index contributed by atoms with van der Waals surface area (Å²) in [6, 6.07) is 0. The number of nitrogens with one attached hydrogen (secondary N) is 1. The minimum Gasteiger partial charge on any atom is -0.519 e. The quantitative estimate of drug-likeness (QED) is 0.555. The maximum atomic E-state index is 5.96. The zero-order valence-corrected chi connectivity index (χ0v) is 10.4. The Bertz CT molecular complexity index is 69.3. The Morgan fingerprint density at radius 3 is 1.78 bits per heavy atom. The summed E-state index contributed by atoms with van der Waals surface area (Å²) in [4.78, 5) is 0. The zero-order valence-electron chi connectivity index (χ0n) is 6.28. The average molecular weight is 349 g/mol. The van der Waals surface area contributed by atoms with Gasteiger partial charge in [0.1, 0.15) is 0 Å². The van der Waals surface area contributed by atoms with Gasteiger partial charge in [0, 0.05) is 0 Å². The summed E-state index contributed by atoms with van der Waals surface area (Å²) in [6.45, 7) is 9.11. The van der Waals surface area contributed by atoms with Crippen LogP contribution in [-0.2, 0) is 0 Å². The second-order valence-electron chi connectivity index (χ2n) is 1.39. The van der Waals surface area contributed by atoms with Gasteiger partial charge in [-0.15, -0.1) is 6.92 Å². The molecule has 0 aromatic heterocycles. The molecule has 0 spiro atoms. The third-order valence-electron chi connectivity index (χ3n) is 0.493. The Hall–Kier alpha value is 0.332. The fraction of sp³-hybridized carbons (Fsp3) is 0.429. The van der Waals surface area contributed by atoms with Crippen LogP contribution in [0, 0.1) is 42.9 Å². The van der Waals surface area contributed by atoms with E-state index in [1.807, 2.05) is 26.5 Å². The SMILES string of the molecule is C=C(C)[CH-]C.C[C-]=N.[U+2]. The van der Waals surface area contributed by atoms with E-state index in [4.69, 9.17) is 5.41 Å². The monoisotopic (exact) mass is 349 g/mol. The molecule has 1 N–H and O–H groups in total. The molecular weight excluding hydrogens is 336 g/mol. The van der Waals surface area contributed by atoms with Gasteiger partial charge in [-0.1, -0.05) is 6.92 Å². The number of rotatable bonds is 1. The van der Waals surface area contributed by atoms with Gasteiger partial charge in [-0.3, -0.25) is 0 Å². The normalized spacial score (nSPS) is 5.22. The standard InChI is InChI=1S/C5H9.C2H4N.U/c1-4-5(2)3;1-2-3;/h4H,2H2,1,3H3;3H,1H3;/q2*-1;+2. The largest absolute Gasteiger partial charge is 2.00 e. The summed E-state index contributed by atoms with van der Waals surface area (Å²) >= 11 is 0. The van der Waals surface area contributed by atoms with Crippen LogP contribution < -0.4 is 0 Å². The maximum Gasteiger partial charge on any atom is 2.00 e.